The van der Waals surface area contributed by atoms with Crippen LogP contribution in [0.5, 0.6) is 0 Å². The Balaban J connectivity index is 0.00000242. The van der Waals surface area contributed by atoms with Gasteiger partial charge in [0.25, 0.3) is 0 Å². The third-order valence-corrected chi connectivity index (χ3v) is 5.12. The summed E-state index contributed by atoms with van der Waals surface area (Å²) in [4.78, 5) is 25.9. The molecule has 128 valence electrons. The predicted octanol–water partition coefficient (Wildman–Crippen LogP) is 1.83. The normalized spacial score (nSPS) is 25.4. The van der Waals surface area contributed by atoms with Crippen molar-refractivity contribution >= 4 is 24.2 Å². The summed E-state index contributed by atoms with van der Waals surface area (Å²) in [6.45, 7) is 0.119. The van der Waals surface area contributed by atoms with E-state index in [4.69, 9.17) is 5.73 Å². The first-order valence-corrected chi connectivity index (χ1v) is 8.36. The molecule has 3 N–H and O–H groups in total. The van der Waals surface area contributed by atoms with Crippen LogP contribution < -0.4 is 11.1 Å². The van der Waals surface area contributed by atoms with Gasteiger partial charge in [-0.05, 0) is 31.6 Å². The van der Waals surface area contributed by atoms with Gasteiger partial charge in [0.2, 0.25) is 11.8 Å². The van der Waals surface area contributed by atoms with Crippen LogP contribution in [0.3, 0.4) is 0 Å². The Morgan fingerprint density at radius 1 is 1.09 bits per heavy atom. The zero-order valence-corrected chi connectivity index (χ0v) is 14.4. The first kappa shape index (κ1) is 19.2. The molecule has 0 heterocycles. The zero-order valence-electron chi connectivity index (χ0n) is 13.6. The lowest BCUT2D eigenvalue weighted by molar-refractivity contribution is -0.134. The summed E-state index contributed by atoms with van der Waals surface area (Å²) in [5.74, 6) is 0.268. The van der Waals surface area contributed by atoms with E-state index in [0.717, 1.165) is 32.1 Å². The molecule has 0 saturated heterocycles. The number of carbonyl (C=O) groups excluding carboxylic acids is 2. The monoisotopic (exact) mass is 331 g/mol. The minimum Gasteiger partial charge on any atom is -0.347 e. The molecule has 5 nitrogen and oxygen atoms in total. The van der Waals surface area contributed by atoms with Crippen molar-refractivity contribution in [1.29, 1.82) is 0 Å². The highest BCUT2D eigenvalue weighted by atomic mass is 35.5. The van der Waals surface area contributed by atoms with E-state index in [9.17, 15) is 9.59 Å². The standard InChI is InChI=1S/C16H29N3O2.ClH/c1-19(13-7-3-2-4-8-13)16(21)11-18-15(20)10-12-6-5-9-14(12)17;/h12-14H,2-11,17H2,1H3,(H,18,20);1H/t12-,14+;/m0./s1. The maximum atomic E-state index is 12.1. The lowest BCUT2D eigenvalue weighted by Crippen LogP contribution is -2.44. The van der Waals surface area contributed by atoms with Gasteiger partial charge in [-0.1, -0.05) is 25.7 Å². The van der Waals surface area contributed by atoms with Crippen molar-refractivity contribution in [3.05, 3.63) is 0 Å². The van der Waals surface area contributed by atoms with E-state index >= 15 is 0 Å². The van der Waals surface area contributed by atoms with Crippen LogP contribution in [0.25, 0.3) is 0 Å². The molecule has 2 aliphatic rings. The highest BCUT2D eigenvalue weighted by molar-refractivity contribution is 5.85. The van der Waals surface area contributed by atoms with E-state index in [2.05, 4.69) is 5.32 Å². The van der Waals surface area contributed by atoms with Crippen LogP contribution in [0.15, 0.2) is 0 Å². The summed E-state index contributed by atoms with van der Waals surface area (Å²) in [6.07, 6.45) is 9.48. The van der Waals surface area contributed by atoms with Gasteiger partial charge in [0.15, 0.2) is 0 Å². The van der Waals surface area contributed by atoms with E-state index in [0.29, 0.717) is 12.5 Å². The molecule has 0 aliphatic heterocycles. The quantitative estimate of drug-likeness (QED) is 0.807. The summed E-state index contributed by atoms with van der Waals surface area (Å²) in [5, 5.41) is 2.76. The number of hydrogen-bond acceptors (Lipinski definition) is 3. The van der Waals surface area contributed by atoms with Gasteiger partial charge in [0.05, 0.1) is 6.54 Å². The first-order chi connectivity index (χ1) is 10.1. The molecule has 2 rings (SSSR count). The summed E-state index contributed by atoms with van der Waals surface area (Å²) in [6, 6.07) is 0.503. The van der Waals surface area contributed by atoms with Crippen molar-refractivity contribution in [3.8, 4) is 0 Å². The third kappa shape index (κ3) is 5.43. The number of nitrogens with two attached hydrogens (primary N) is 1. The maximum absolute atomic E-state index is 12.1. The Morgan fingerprint density at radius 2 is 1.77 bits per heavy atom. The number of rotatable bonds is 5. The van der Waals surface area contributed by atoms with Crippen LogP contribution in [0, 0.1) is 5.92 Å². The molecule has 2 fully saturated rings. The van der Waals surface area contributed by atoms with Crippen molar-refractivity contribution in [2.24, 2.45) is 11.7 Å². The molecule has 2 amide bonds. The van der Waals surface area contributed by atoms with E-state index < -0.39 is 0 Å². The molecule has 2 atom stereocenters. The Kier molecular flexibility index (Phi) is 8.18. The summed E-state index contributed by atoms with van der Waals surface area (Å²) in [5.41, 5.74) is 5.97. The van der Waals surface area contributed by atoms with Gasteiger partial charge >= 0.3 is 0 Å². The summed E-state index contributed by atoms with van der Waals surface area (Å²) in [7, 11) is 1.86. The average molecular weight is 332 g/mol. The smallest absolute Gasteiger partial charge is 0.241 e. The third-order valence-electron chi connectivity index (χ3n) is 5.12. The van der Waals surface area contributed by atoms with Crippen LogP contribution >= 0.6 is 12.4 Å². The predicted molar refractivity (Wildman–Crippen MR) is 89.8 cm³/mol. The average Bonchev–Trinajstić information content (AvgIpc) is 2.90. The van der Waals surface area contributed by atoms with Gasteiger partial charge in [-0.15, -0.1) is 12.4 Å². The molecule has 0 radical (unpaired) electrons. The van der Waals surface area contributed by atoms with Crippen molar-refractivity contribution in [1.82, 2.24) is 10.2 Å². The number of nitrogens with zero attached hydrogens (tertiary/aromatic N) is 1. The molecule has 0 spiro atoms. The molecular formula is C16H30ClN3O2. The molecule has 0 aromatic carbocycles. The van der Waals surface area contributed by atoms with Crippen LogP contribution in [-0.2, 0) is 9.59 Å². The SMILES string of the molecule is CN(C(=O)CNC(=O)C[C@@H]1CCC[C@H]1N)C1CCCCC1.Cl. The molecule has 22 heavy (non-hydrogen) atoms. The van der Waals surface area contributed by atoms with Crippen molar-refractivity contribution in [3.63, 3.8) is 0 Å². The van der Waals surface area contributed by atoms with Gasteiger partial charge in [-0.25, -0.2) is 0 Å². The van der Waals surface area contributed by atoms with Gasteiger partial charge < -0.3 is 16.0 Å². The first-order valence-electron chi connectivity index (χ1n) is 8.36. The van der Waals surface area contributed by atoms with Gasteiger partial charge in [0.1, 0.15) is 0 Å². The van der Waals surface area contributed by atoms with Crippen LogP contribution in [0.1, 0.15) is 57.8 Å². The van der Waals surface area contributed by atoms with Crippen LogP contribution in [0.4, 0.5) is 0 Å². The summed E-state index contributed by atoms with van der Waals surface area (Å²) >= 11 is 0. The molecule has 0 aromatic rings. The molecule has 0 bridgehead atoms. The second-order valence-corrected chi connectivity index (χ2v) is 6.63. The highest BCUT2D eigenvalue weighted by Crippen LogP contribution is 2.26. The summed E-state index contributed by atoms with van der Waals surface area (Å²) < 4.78 is 0. The van der Waals surface area contributed by atoms with Crippen LogP contribution in [-0.4, -0.2) is 42.4 Å². The number of hydrogen-bond donors (Lipinski definition) is 2. The topological polar surface area (TPSA) is 75.4 Å². The number of likely N-dealkylation sites (N-methyl/N-ethyl adjacent to an activating group) is 1. The van der Waals surface area contributed by atoms with Gasteiger partial charge in [0, 0.05) is 25.6 Å². The number of nitrogens with one attached hydrogen (secondary N) is 1. The minimum atomic E-state index is -0.0391. The van der Waals surface area contributed by atoms with E-state index in [1.54, 1.807) is 0 Å². The fraction of sp³-hybridized carbons (Fsp3) is 0.875. The molecule has 2 saturated carbocycles. The minimum absolute atomic E-state index is 0. The second kappa shape index (κ2) is 9.36. The molecule has 0 unspecified atom stereocenters. The fourth-order valence-corrected chi connectivity index (χ4v) is 3.60. The lowest BCUT2D eigenvalue weighted by Gasteiger charge is -2.31. The molecule has 0 aromatic heterocycles. The van der Waals surface area contributed by atoms with Crippen molar-refractivity contribution < 1.29 is 9.59 Å². The van der Waals surface area contributed by atoms with E-state index in [1.165, 1.54) is 19.3 Å². The number of amides is 2. The van der Waals surface area contributed by atoms with Crippen LogP contribution in [0.2, 0.25) is 0 Å². The van der Waals surface area contributed by atoms with E-state index in [-0.39, 0.29) is 42.7 Å². The molecular weight excluding hydrogens is 302 g/mol. The molecule has 2 aliphatic carbocycles. The number of halogens is 1. The van der Waals surface area contributed by atoms with Crippen molar-refractivity contribution in [2.45, 2.75) is 69.9 Å². The maximum Gasteiger partial charge on any atom is 0.241 e. The Morgan fingerprint density at radius 3 is 2.36 bits per heavy atom. The second-order valence-electron chi connectivity index (χ2n) is 6.63. The Hall–Kier alpha value is -0.810. The Labute approximate surface area is 139 Å². The molecule has 6 heteroatoms. The van der Waals surface area contributed by atoms with Gasteiger partial charge in [-0.3, -0.25) is 9.59 Å². The lowest BCUT2D eigenvalue weighted by atomic mass is 9.94. The van der Waals surface area contributed by atoms with Crippen molar-refractivity contribution in [2.75, 3.05) is 13.6 Å². The highest BCUT2D eigenvalue weighted by Gasteiger charge is 2.27. The largest absolute Gasteiger partial charge is 0.347 e. The Bertz CT molecular complexity index is 372. The fourth-order valence-electron chi connectivity index (χ4n) is 3.60. The zero-order chi connectivity index (χ0) is 15.2. The number of carbonyl (C=O) groups is 2. The van der Waals surface area contributed by atoms with E-state index in [1.807, 2.05) is 11.9 Å². The van der Waals surface area contributed by atoms with Gasteiger partial charge in [-0.2, -0.15) is 0 Å².